The maximum Gasteiger partial charge on any atom is 0.252 e. The molecule has 10 heavy (non-hydrogen) atoms. The van der Waals surface area contributed by atoms with E-state index in [1.807, 2.05) is 6.08 Å². The number of allylic oxidation sites excluding steroid dienone is 2. The van der Waals surface area contributed by atoms with Crippen LogP contribution in [-0.2, 0) is 4.79 Å². The van der Waals surface area contributed by atoms with Gasteiger partial charge in [0.15, 0.2) is 0 Å². The van der Waals surface area contributed by atoms with Gasteiger partial charge in [-0.25, -0.2) is 0 Å². The van der Waals surface area contributed by atoms with Crippen molar-refractivity contribution < 1.29 is 9.90 Å². The van der Waals surface area contributed by atoms with Crippen molar-refractivity contribution in [2.75, 3.05) is 0 Å². The second-order valence-corrected chi connectivity index (χ2v) is 2.17. The molecule has 0 aromatic rings. The Bertz CT molecular complexity index is 216. The molecule has 0 bridgehead atoms. The van der Waals surface area contributed by atoms with E-state index < -0.39 is 5.91 Å². The van der Waals surface area contributed by atoms with E-state index in [1.54, 1.807) is 6.08 Å². The zero-order chi connectivity index (χ0) is 7.56. The van der Waals surface area contributed by atoms with E-state index in [0.717, 1.165) is 6.42 Å². The lowest BCUT2D eigenvalue weighted by atomic mass is 10.1. The number of hydrogen-bond acceptors (Lipinski definition) is 2. The molecule has 1 rings (SSSR count). The number of nitrogens with two attached hydrogens (primary N) is 1. The molecule has 3 N–H and O–H groups in total. The van der Waals surface area contributed by atoms with Gasteiger partial charge in [-0.05, 0) is 6.42 Å². The predicted octanol–water partition coefficient (Wildman–Crippen LogP) is 0.634. The van der Waals surface area contributed by atoms with Crippen LogP contribution >= 0.6 is 0 Å². The number of primary amides is 1. The summed E-state index contributed by atoms with van der Waals surface area (Å²) in [6.45, 7) is 0. The molecule has 1 aliphatic rings. The Kier molecular flexibility index (Phi) is 1.76. The highest BCUT2D eigenvalue weighted by molar-refractivity contribution is 5.95. The first kappa shape index (κ1) is 6.86. The molecule has 1 aliphatic carbocycles. The van der Waals surface area contributed by atoms with Crippen LogP contribution in [0.2, 0.25) is 0 Å². The number of amides is 1. The highest BCUT2D eigenvalue weighted by Gasteiger charge is 2.10. The highest BCUT2D eigenvalue weighted by atomic mass is 16.3. The monoisotopic (exact) mass is 139 g/mol. The van der Waals surface area contributed by atoms with Crippen molar-refractivity contribution in [3.63, 3.8) is 0 Å². The molecular weight excluding hydrogens is 130 g/mol. The van der Waals surface area contributed by atoms with Crippen molar-refractivity contribution in [1.29, 1.82) is 0 Å². The first-order chi connectivity index (χ1) is 4.72. The summed E-state index contributed by atoms with van der Waals surface area (Å²) in [7, 11) is 0. The second-order valence-electron chi connectivity index (χ2n) is 2.17. The molecule has 0 heterocycles. The average Bonchev–Trinajstić information content (AvgIpc) is 1.88. The Balaban J connectivity index is 2.90. The van der Waals surface area contributed by atoms with Gasteiger partial charge in [-0.15, -0.1) is 0 Å². The van der Waals surface area contributed by atoms with E-state index in [4.69, 9.17) is 10.8 Å². The van der Waals surface area contributed by atoms with Crippen molar-refractivity contribution in [2.24, 2.45) is 5.73 Å². The molecule has 0 unspecified atom stereocenters. The van der Waals surface area contributed by atoms with Gasteiger partial charge < -0.3 is 10.8 Å². The van der Waals surface area contributed by atoms with E-state index in [0.29, 0.717) is 6.42 Å². The van der Waals surface area contributed by atoms with Crippen molar-refractivity contribution in [3.05, 3.63) is 23.5 Å². The Hall–Kier alpha value is -1.25. The van der Waals surface area contributed by atoms with Crippen LogP contribution in [0.3, 0.4) is 0 Å². The fourth-order valence-electron chi connectivity index (χ4n) is 0.876. The number of aliphatic hydroxyl groups excluding tert-OH is 1. The molecule has 0 radical (unpaired) electrons. The van der Waals surface area contributed by atoms with Gasteiger partial charge in [0, 0.05) is 6.42 Å². The zero-order valence-electron chi connectivity index (χ0n) is 5.50. The lowest BCUT2D eigenvalue weighted by molar-refractivity contribution is -0.114. The summed E-state index contributed by atoms with van der Waals surface area (Å²) in [5, 5.41) is 9.07. The molecule has 0 saturated heterocycles. The van der Waals surface area contributed by atoms with Crippen molar-refractivity contribution >= 4 is 5.91 Å². The molecule has 0 atom stereocenters. The second kappa shape index (κ2) is 2.56. The Labute approximate surface area is 58.8 Å². The Morgan fingerprint density at radius 2 is 2.40 bits per heavy atom. The summed E-state index contributed by atoms with van der Waals surface area (Å²) < 4.78 is 0. The largest absolute Gasteiger partial charge is 0.511 e. The number of hydrogen-bond donors (Lipinski definition) is 2. The van der Waals surface area contributed by atoms with Crippen molar-refractivity contribution in [3.8, 4) is 0 Å². The molecule has 1 amide bonds. The number of rotatable bonds is 1. The first-order valence-electron chi connectivity index (χ1n) is 3.10. The third kappa shape index (κ3) is 1.18. The minimum atomic E-state index is -0.562. The van der Waals surface area contributed by atoms with Crippen LogP contribution in [0.25, 0.3) is 0 Å². The quantitative estimate of drug-likeness (QED) is 0.559. The van der Waals surface area contributed by atoms with Crippen molar-refractivity contribution in [2.45, 2.75) is 12.8 Å². The average molecular weight is 139 g/mol. The predicted molar refractivity (Wildman–Crippen MR) is 37.2 cm³/mol. The molecule has 0 spiro atoms. The van der Waals surface area contributed by atoms with Gasteiger partial charge in [0.25, 0.3) is 5.91 Å². The van der Waals surface area contributed by atoms with Crippen LogP contribution in [0, 0.1) is 0 Å². The van der Waals surface area contributed by atoms with Gasteiger partial charge in [0.05, 0.1) is 5.57 Å². The van der Waals surface area contributed by atoms with Crippen LogP contribution in [0.5, 0.6) is 0 Å². The number of carbonyl (C=O) groups is 1. The number of aliphatic hydroxyl groups is 1. The molecule has 0 saturated carbocycles. The third-order valence-corrected chi connectivity index (χ3v) is 1.41. The van der Waals surface area contributed by atoms with Gasteiger partial charge in [0.1, 0.15) is 5.76 Å². The summed E-state index contributed by atoms with van der Waals surface area (Å²) in [5.41, 5.74) is 5.19. The van der Waals surface area contributed by atoms with E-state index in [1.165, 1.54) is 0 Å². The maximum atomic E-state index is 10.5. The first-order valence-corrected chi connectivity index (χ1v) is 3.10. The SMILES string of the molecule is NC(=O)C1=C(O)CCC=C1. The zero-order valence-corrected chi connectivity index (χ0v) is 5.50. The fourth-order valence-corrected chi connectivity index (χ4v) is 0.876. The molecule has 3 nitrogen and oxygen atoms in total. The summed E-state index contributed by atoms with van der Waals surface area (Å²) in [5.74, 6) is -0.455. The van der Waals surface area contributed by atoms with Crippen LogP contribution < -0.4 is 5.73 Å². The lowest BCUT2D eigenvalue weighted by Gasteiger charge is -2.06. The van der Waals surface area contributed by atoms with Gasteiger partial charge >= 0.3 is 0 Å². The standard InChI is InChI=1S/C7H9NO2/c8-7(10)5-3-1-2-4-6(5)9/h1,3,9H,2,4H2,(H2,8,10). The van der Waals surface area contributed by atoms with Gasteiger partial charge in [-0.2, -0.15) is 0 Å². The van der Waals surface area contributed by atoms with Crippen LogP contribution in [0.4, 0.5) is 0 Å². The van der Waals surface area contributed by atoms with E-state index in [2.05, 4.69) is 0 Å². The molecule has 0 aliphatic heterocycles. The number of carbonyl (C=O) groups excluding carboxylic acids is 1. The fraction of sp³-hybridized carbons (Fsp3) is 0.286. The third-order valence-electron chi connectivity index (χ3n) is 1.41. The molecule has 0 aromatic carbocycles. The Morgan fingerprint density at radius 1 is 1.70 bits per heavy atom. The molecule has 54 valence electrons. The van der Waals surface area contributed by atoms with Gasteiger partial charge in [0.2, 0.25) is 0 Å². The smallest absolute Gasteiger partial charge is 0.252 e. The topological polar surface area (TPSA) is 63.3 Å². The van der Waals surface area contributed by atoms with E-state index in [9.17, 15) is 4.79 Å². The molecule has 3 heteroatoms. The lowest BCUT2D eigenvalue weighted by Crippen LogP contribution is -2.15. The Morgan fingerprint density at radius 3 is 2.80 bits per heavy atom. The minimum Gasteiger partial charge on any atom is -0.511 e. The molecular formula is C7H9NO2. The van der Waals surface area contributed by atoms with Crippen LogP contribution in [0.15, 0.2) is 23.5 Å². The van der Waals surface area contributed by atoms with Crippen LogP contribution in [-0.4, -0.2) is 11.0 Å². The summed E-state index contributed by atoms with van der Waals surface area (Å²) in [6.07, 6.45) is 4.68. The molecule has 0 aromatic heterocycles. The molecule has 0 fully saturated rings. The van der Waals surface area contributed by atoms with Gasteiger partial charge in [-0.3, -0.25) is 4.79 Å². The van der Waals surface area contributed by atoms with Crippen LogP contribution in [0.1, 0.15) is 12.8 Å². The van der Waals surface area contributed by atoms with Crippen molar-refractivity contribution in [1.82, 2.24) is 0 Å². The highest BCUT2D eigenvalue weighted by Crippen LogP contribution is 2.15. The summed E-state index contributed by atoms with van der Waals surface area (Å²) in [4.78, 5) is 10.5. The van der Waals surface area contributed by atoms with E-state index in [-0.39, 0.29) is 11.3 Å². The van der Waals surface area contributed by atoms with E-state index >= 15 is 0 Å². The summed E-state index contributed by atoms with van der Waals surface area (Å²) >= 11 is 0. The normalized spacial score (nSPS) is 17.6. The summed E-state index contributed by atoms with van der Waals surface area (Å²) in [6, 6.07) is 0. The maximum absolute atomic E-state index is 10.5. The van der Waals surface area contributed by atoms with Gasteiger partial charge in [-0.1, -0.05) is 12.2 Å². The minimum absolute atomic E-state index is 0.106.